The summed E-state index contributed by atoms with van der Waals surface area (Å²) in [5.41, 5.74) is -1.72. The standard InChI is InChI=1S/C22H25NO6S/c1-5-11-28-15-9-7-14(8-10-15)22(27,13-24)16-18(25)23-17(20(26)29-12-6-2)21(3,4)30-19(16)23/h5-11,13,16-17,19,27H,2,12H2,1,3-4H3/b11-5-/t16-,17+,19-,22?/m1/s1. The molecule has 0 aliphatic carbocycles. The van der Waals surface area contributed by atoms with E-state index < -0.39 is 39.6 Å². The Morgan fingerprint density at radius 2 is 2.03 bits per heavy atom. The van der Waals surface area contributed by atoms with Crippen LogP contribution in [-0.4, -0.2) is 50.9 Å². The van der Waals surface area contributed by atoms with Gasteiger partial charge in [0.1, 0.15) is 24.3 Å². The van der Waals surface area contributed by atoms with Crippen molar-refractivity contribution < 1.29 is 29.0 Å². The monoisotopic (exact) mass is 431 g/mol. The molecule has 0 spiro atoms. The molecule has 2 aliphatic heterocycles. The number of ether oxygens (including phenoxy) is 2. The quantitative estimate of drug-likeness (QED) is 0.222. The number of benzene rings is 1. The molecule has 8 heteroatoms. The number of rotatable bonds is 8. The number of hydrogen-bond acceptors (Lipinski definition) is 7. The lowest BCUT2D eigenvalue weighted by atomic mass is 9.75. The summed E-state index contributed by atoms with van der Waals surface area (Å²) in [4.78, 5) is 39.0. The van der Waals surface area contributed by atoms with Crippen LogP contribution in [0.2, 0.25) is 0 Å². The fraction of sp³-hybridized carbons (Fsp3) is 0.409. The minimum atomic E-state index is -2.01. The Labute approximate surface area is 179 Å². The van der Waals surface area contributed by atoms with Crippen molar-refractivity contribution in [3.63, 3.8) is 0 Å². The van der Waals surface area contributed by atoms with Crippen LogP contribution in [0.5, 0.6) is 5.75 Å². The first-order valence-corrected chi connectivity index (χ1v) is 10.4. The highest BCUT2D eigenvalue weighted by molar-refractivity contribution is 8.01. The van der Waals surface area contributed by atoms with Crippen LogP contribution in [0.4, 0.5) is 0 Å². The molecule has 2 heterocycles. The minimum Gasteiger partial charge on any atom is -0.465 e. The van der Waals surface area contributed by atoms with E-state index in [0.717, 1.165) is 0 Å². The molecule has 1 unspecified atom stereocenters. The smallest absolute Gasteiger partial charge is 0.330 e. The van der Waals surface area contributed by atoms with E-state index in [-0.39, 0.29) is 6.61 Å². The zero-order valence-corrected chi connectivity index (χ0v) is 17.9. The summed E-state index contributed by atoms with van der Waals surface area (Å²) < 4.78 is 9.90. The normalized spacial score (nSPS) is 26.5. The van der Waals surface area contributed by atoms with Crippen molar-refractivity contribution in [3.05, 3.63) is 54.8 Å². The first-order chi connectivity index (χ1) is 14.2. The van der Waals surface area contributed by atoms with Crippen LogP contribution in [-0.2, 0) is 24.7 Å². The van der Waals surface area contributed by atoms with Gasteiger partial charge in [-0.05, 0) is 38.5 Å². The maximum atomic E-state index is 13.0. The van der Waals surface area contributed by atoms with Gasteiger partial charge in [0.15, 0.2) is 11.9 Å². The topological polar surface area (TPSA) is 93.1 Å². The summed E-state index contributed by atoms with van der Waals surface area (Å²) in [7, 11) is 0. The molecule has 160 valence electrons. The van der Waals surface area contributed by atoms with Gasteiger partial charge in [-0.15, -0.1) is 11.8 Å². The molecule has 3 rings (SSSR count). The molecule has 4 atom stereocenters. The van der Waals surface area contributed by atoms with Gasteiger partial charge >= 0.3 is 5.97 Å². The van der Waals surface area contributed by atoms with Crippen molar-refractivity contribution in [1.29, 1.82) is 0 Å². The van der Waals surface area contributed by atoms with E-state index in [1.165, 1.54) is 29.0 Å². The Morgan fingerprint density at radius 3 is 2.60 bits per heavy atom. The second-order valence-corrected chi connectivity index (χ2v) is 9.48. The van der Waals surface area contributed by atoms with Crippen molar-refractivity contribution in [2.24, 2.45) is 5.92 Å². The second kappa shape index (κ2) is 8.28. The molecule has 2 saturated heterocycles. The molecule has 30 heavy (non-hydrogen) atoms. The molecule has 2 aliphatic rings. The van der Waals surface area contributed by atoms with E-state index >= 15 is 0 Å². The highest BCUT2D eigenvalue weighted by atomic mass is 32.2. The molecule has 0 bridgehead atoms. The highest BCUT2D eigenvalue weighted by Crippen LogP contribution is 2.57. The van der Waals surface area contributed by atoms with Crippen LogP contribution in [0.3, 0.4) is 0 Å². The van der Waals surface area contributed by atoms with Gasteiger partial charge in [0, 0.05) is 4.75 Å². The van der Waals surface area contributed by atoms with Gasteiger partial charge in [0.05, 0.1) is 11.6 Å². The summed E-state index contributed by atoms with van der Waals surface area (Å²) in [6.45, 7) is 9.07. The Kier molecular flexibility index (Phi) is 6.10. The third kappa shape index (κ3) is 3.54. The van der Waals surface area contributed by atoms with Gasteiger partial charge in [-0.1, -0.05) is 30.9 Å². The molecular formula is C22H25NO6S. The van der Waals surface area contributed by atoms with Gasteiger partial charge in [-0.25, -0.2) is 4.79 Å². The van der Waals surface area contributed by atoms with E-state index in [0.29, 0.717) is 17.6 Å². The van der Waals surface area contributed by atoms with Crippen molar-refractivity contribution in [2.75, 3.05) is 6.61 Å². The van der Waals surface area contributed by atoms with E-state index in [9.17, 15) is 19.5 Å². The van der Waals surface area contributed by atoms with E-state index in [1.807, 2.05) is 20.8 Å². The summed E-state index contributed by atoms with van der Waals surface area (Å²) in [6.07, 6.45) is 5.09. The number of esters is 1. The lowest BCUT2D eigenvalue weighted by Crippen LogP contribution is -2.68. The molecule has 1 aromatic rings. The van der Waals surface area contributed by atoms with Gasteiger partial charge < -0.3 is 19.5 Å². The van der Waals surface area contributed by atoms with Crippen LogP contribution >= 0.6 is 11.8 Å². The number of nitrogens with zero attached hydrogens (tertiary/aromatic N) is 1. The predicted molar refractivity (Wildman–Crippen MR) is 113 cm³/mol. The molecule has 1 aromatic carbocycles. The Hall–Kier alpha value is -2.58. The van der Waals surface area contributed by atoms with Gasteiger partial charge in [0.25, 0.3) is 0 Å². The van der Waals surface area contributed by atoms with Gasteiger partial charge in [-0.2, -0.15) is 0 Å². The number of hydrogen-bond donors (Lipinski definition) is 1. The summed E-state index contributed by atoms with van der Waals surface area (Å²) in [6, 6.07) is 5.55. The zero-order valence-electron chi connectivity index (χ0n) is 17.1. The first kappa shape index (κ1) is 22.1. The molecule has 7 nitrogen and oxygen atoms in total. The lowest BCUT2D eigenvalue weighted by Gasteiger charge is -2.49. The van der Waals surface area contributed by atoms with Crippen molar-refractivity contribution in [3.8, 4) is 5.75 Å². The maximum absolute atomic E-state index is 13.0. The van der Waals surface area contributed by atoms with Crippen LogP contribution < -0.4 is 4.74 Å². The van der Waals surface area contributed by atoms with Crippen molar-refractivity contribution in [1.82, 2.24) is 4.90 Å². The highest BCUT2D eigenvalue weighted by Gasteiger charge is 2.69. The lowest BCUT2D eigenvalue weighted by molar-refractivity contribution is -0.180. The van der Waals surface area contributed by atoms with Crippen LogP contribution in [0.1, 0.15) is 26.3 Å². The fourth-order valence-electron chi connectivity index (χ4n) is 3.89. The molecule has 0 saturated carbocycles. The van der Waals surface area contributed by atoms with Crippen molar-refractivity contribution >= 4 is 29.9 Å². The average molecular weight is 432 g/mol. The van der Waals surface area contributed by atoms with Crippen LogP contribution in [0.15, 0.2) is 49.3 Å². The summed E-state index contributed by atoms with van der Waals surface area (Å²) >= 11 is 1.38. The average Bonchev–Trinajstić information content (AvgIpc) is 2.97. The SMILES string of the molecule is C=CCOC(=O)[C@@H]1N2C(=O)[C@@H](C(O)(C=O)c3ccc(O/C=C\C)cc3)[C@H]2SC1(C)C. The molecule has 1 amide bonds. The van der Waals surface area contributed by atoms with Gasteiger partial charge in [0.2, 0.25) is 5.91 Å². The van der Waals surface area contributed by atoms with Crippen molar-refractivity contribution in [2.45, 2.75) is 42.5 Å². The number of amides is 1. The van der Waals surface area contributed by atoms with E-state index in [4.69, 9.17) is 9.47 Å². The second-order valence-electron chi connectivity index (χ2n) is 7.71. The van der Waals surface area contributed by atoms with Crippen LogP contribution in [0.25, 0.3) is 0 Å². The Bertz CT molecular complexity index is 880. The number of carbonyl (C=O) groups excluding carboxylic acids is 3. The third-order valence-corrected chi connectivity index (χ3v) is 6.89. The summed E-state index contributed by atoms with van der Waals surface area (Å²) in [5, 5.41) is 10.7. The number of aliphatic hydroxyl groups is 1. The Balaban J connectivity index is 1.87. The van der Waals surface area contributed by atoms with E-state index in [2.05, 4.69) is 6.58 Å². The number of allylic oxidation sites excluding steroid dienone is 1. The number of β-lactam (4-membered cyclic amide) rings is 1. The number of fused-ring (bicyclic) bond motifs is 1. The predicted octanol–water partition coefficient (Wildman–Crippen LogP) is 2.39. The number of thioether (sulfide) groups is 1. The number of carbonyl (C=O) groups is 3. The van der Waals surface area contributed by atoms with Crippen LogP contribution in [0, 0.1) is 5.92 Å². The summed E-state index contributed by atoms with van der Waals surface area (Å²) in [5.74, 6) is -1.45. The fourth-order valence-corrected chi connectivity index (χ4v) is 5.65. The maximum Gasteiger partial charge on any atom is 0.330 e. The zero-order chi connectivity index (χ0) is 22.1. The molecule has 0 radical (unpaired) electrons. The van der Waals surface area contributed by atoms with E-state index in [1.54, 1.807) is 30.3 Å². The third-order valence-electron chi connectivity index (χ3n) is 5.32. The molecule has 0 aromatic heterocycles. The molecule has 2 fully saturated rings. The van der Waals surface area contributed by atoms with Gasteiger partial charge in [-0.3, -0.25) is 9.59 Å². The molecule has 1 N–H and O–H groups in total. The molecular weight excluding hydrogens is 406 g/mol. The largest absolute Gasteiger partial charge is 0.465 e. The number of aldehydes is 1. The Morgan fingerprint density at radius 1 is 1.37 bits per heavy atom. The first-order valence-electron chi connectivity index (χ1n) is 9.56. The minimum absolute atomic E-state index is 0.0477.